The molecule has 5 unspecified atom stereocenters. The molecule has 1 aliphatic carbocycles. The molecule has 1 aromatic rings. The van der Waals surface area contributed by atoms with Crippen molar-refractivity contribution in [3.63, 3.8) is 0 Å². The average molecular weight is 464 g/mol. The molecule has 0 bridgehead atoms. The first-order valence-corrected chi connectivity index (χ1v) is 11.8. The minimum absolute atomic E-state index is 0.0348. The fraction of sp³-hybridized carbons (Fsp3) is 0.667. The summed E-state index contributed by atoms with van der Waals surface area (Å²) in [5, 5.41) is 20.4. The number of nitrogens with zero attached hydrogens (tertiary/aromatic N) is 3. The Balaban J connectivity index is 1.29. The lowest BCUT2D eigenvalue weighted by molar-refractivity contribution is -0.141. The minimum atomic E-state index is -1.49. The third-order valence-electron chi connectivity index (χ3n) is 6.85. The second-order valence-electron chi connectivity index (χ2n) is 9.63. The molecule has 1 aromatic carbocycles. The molecule has 2 saturated heterocycles. The summed E-state index contributed by atoms with van der Waals surface area (Å²) in [4.78, 5) is 30.8. The Bertz CT molecular complexity index is 832. The molecule has 3 aliphatic rings. The quantitative estimate of drug-likeness (QED) is 0.584. The van der Waals surface area contributed by atoms with Gasteiger partial charge in [-0.2, -0.15) is 0 Å². The van der Waals surface area contributed by atoms with Gasteiger partial charge in [0.05, 0.1) is 42.4 Å². The number of likely N-dealkylation sites (tertiary alicyclic amines) is 1. The zero-order chi connectivity index (χ0) is 23.7. The summed E-state index contributed by atoms with van der Waals surface area (Å²) in [5.41, 5.74) is 1.05. The van der Waals surface area contributed by atoms with Crippen molar-refractivity contribution < 1.29 is 28.9 Å². The lowest BCUT2D eigenvalue weighted by Crippen LogP contribution is -2.50. The first kappa shape index (κ1) is 23.9. The van der Waals surface area contributed by atoms with Gasteiger partial charge < -0.3 is 19.8 Å². The maximum atomic E-state index is 13.9. The summed E-state index contributed by atoms with van der Waals surface area (Å²) < 4.78 is 19.8. The van der Waals surface area contributed by atoms with E-state index in [0.717, 1.165) is 42.5 Å². The normalized spacial score (nSPS) is 29.5. The topological polar surface area (TPSA) is 93.6 Å². The van der Waals surface area contributed by atoms with Gasteiger partial charge in [-0.15, -0.1) is 0 Å². The largest absolute Gasteiger partial charge is 0.489 e. The van der Waals surface area contributed by atoms with E-state index in [0.29, 0.717) is 6.54 Å². The molecule has 182 valence electrons. The van der Waals surface area contributed by atoms with Gasteiger partial charge in [0.25, 0.3) is 0 Å². The number of carbonyl (C=O) groups is 2. The molecule has 2 aliphatic heterocycles. The number of aliphatic hydroxyl groups is 2. The number of piperazine rings is 1. The number of amides is 2. The van der Waals surface area contributed by atoms with Crippen LogP contribution in [-0.2, 0) is 9.59 Å². The second-order valence-corrected chi connectivity index (χ2v) is 9.63. The number of halogens is 1. The summed E-state index contributed by atoms with van der Waals surface area (Å²) in [6.07, 6.45) is -3.66. The van der Waals surface area contributed by atoms with Crippen LogP contribution in [0.15, 0.2) is 24.3 Å². The molecule has 5 atom stereocenters. The maximum Gasteiger partial charge on any atom is 0.233 e. The van der Waals surface area contributed by atoms with Gasteiger partial charge >= 0.3 is 0 Å². The molecular weight excluding hydrogens is 429 g/mol. The van der Waals surface area contributed by atoms with Gasteiger partial charge in [0, 0.05) is 32.7 Å². The highest BCUT2D eigenvalue weighted by Gasteiger charge is 2.52. The fourth-order valence-electron chi connectivity index (χ4n) is 5.18. The Morgan fingerprint density at radius 2 is 1.67 bits per heavy atom. The van der Waals surface area contributed by atoms with Crippen LogP contribution in [0.5, 0.6) is 5.75 Å². The molecule has 3 fully saturated rings. The average Bonchev–Trinajstić information content (AvgIpc) is 2.99. The summed E-state index contributed by atoms with van der Waals surface area (Å²) in [6, 6.07) is 7.96. The number of alkyl halides is 1. The van der Waals surface area contributed by atoms with Crippen LogP contribution in [0.1, 0.15) is 26.7 Å². The van der Waals surface area contributed by atoms with Gasteiger partial charge in [-0.25, -0.2) is 4.39 Å². The van der Waals surface area contributed by atoms with Crippen LogP contribution in [0.25, 0.3) is 0 Å². The number of carbonyl (C=O) groups excluding carboxylic acids is 2. The van der Waals surface area contributed by atoms with Crippen molar-refractivity contribution in [3.8, 4) is 5.75 Å². The van der Waals surface area contributed by atoms with E-state index in [4.69, 9.17) is 4.74 Å². The molecule has 0 aromatic heterocycles. The number of para-hydroxylation sites is 2. The van der Waals surface area contributed by atoms with E-state index in [1.165, 1.54) is 0 Å². The van der Waals surface area contributed by atoms with Crippen molar-refractivity contribution in [2.75, 3.05) is 44.2 Å². The zero-order valence-corrected chi connectivity index (χ0v) is 19.3. The number of β-amino-alcohol motifs (C(OH)–C–C–N with tert-alkyl or cyclic N) is 1. The lowest BCUT2D eigenvalue weighted by atomic mass is 9.78. The number of benzene rings is 1. The highest BCUT2D eigenvalue weighted by molar-refractivity contribution is 6.05. The van der Waals surface area contributed by atoms with Crippen LogP contribution >= 0.6 is 0 Å². The SMILES string of the molecule is CC(C)Oc1ccccc1N1CCN(CC(O)CN2C(=O)C3CC(O)C(F)CC3C2=O)CC1. The molecule has 1 saturated carbocycles. The molecule has 8 nitrogen and oxygen atoms in total. The van der Waals surface area contributed by atoms with Crippen LogP contribution in [-0.4, -0.2) is 95.6 Å². The molecule has 2 N–H and O–H groups in total. The predicted octanol–water partition coefficient (Wildman–Crippen LogP) is 1.05. The van der Waals surface area contributed by atoms with Crippen molar-refractivity contribution in [1.29, 1.82) is 0 Å². The van der Waals surface area contributed by atoms with Crippen LogP contribution in [0.4, 0.5) is 10.1 Å². The predicted molar refractivity (Wildman–Crippen MR) is 121 cm³/mol. The van der Waals surface area contributed by atoms with Gasteiger partial charge in [0.15, 0.2) is 0 Å². The zero-order valence-electron chi connectivity index (χ0n) is 19.3. The van der Waals surface area contributed by atoms with Gasteiger partial charge in [0.2, 0.25) is 11.8 Å². The van der Waals surface area contributed by atoms with E-state index in [9.17, 15) is 24.2 Å². The summed E-state index contributed by atoms with van der Waals surface area (Å²) in [6.45, 7) is 7.25. The van der Waals surface area contributed by atoms with Crippen molar-refractivity contribution in [2.45, 2.75) is 51.2 Å². The van der Waals surface area contributed by atoms with E-state index in [1.54, 1.807) is 0 Å². The number of hydrogen-bond donors (Lipinski definition) is 2. The van der Waals surface area contributed by atoms with Crippen molar-refractivity contribution >= 4 is 17.5 Å². The number of ether oxygens (including phenoxy) is 1. The van der Waals surface area contributed by atoms with E-state index in [-0.39, 0.29) is 25.5 Å². The van der Waals surface area contributed by atoms with E-state index < -0.39 is 42.0 Å². The minimum Gasteiger partial charge on any atom is -0.489 e. The smallest absolute Gasteiger partial charge is 0.233 e. The lowest BCUT2D eigenvalue weighted by Gasteiger charge is -2.37. The van der Waals surface area contributed by atoms with Gasteiger partial charge in [-0.3, -0.25) is 19.4 Å². The highest BCUT2D eigenvalue weighted by Crippen LogP contribution is 2.39. The molecule has 0 spiro atoms. The third-order valence-corrected chi connectivity index (χ3v) is 6.85. The van der Waals surface area contributed by atoms with Crippen molar-refractivity contribution in [2.24, 2.45) is 11.8 Å². The first-order chi connectivity index (χ1) is 15.7. The van der Waals surface area contributed by atoms with E-state index in [1.807, 2.05) is 38.1 Å². The number of anilines is 1. The van der Waals surface area contributed by atoms with Crippen molar-refractivity contribution in [3.05, 3.63) is 24.3 Å². The third kappa shape index (κ3) is 5.15. The highest BCUT2D eigenvalue weighted by atomic mass is 19.1. The molecule has 4 rings (SSSR count). The number of aliphatic hydroxyl groups excluding tert-OH is 2. The molecule has 33 heavy (non-hydrogen) atoms. The molecular formula is C24H34FN3O5. The Morgan fingerprint density at radius 3 is 2.33 bits per heavy atom. The van der Waals surface area contributed by atoms with Crippen LogP contribution in [0.2, 0.25) is 0 Å². The Hall–Kier alpha value is -2.23. The van der Waals surface area contributed by atoms with Crippen LogP contribution < -0.4 is 9.64 Å². The van der Waals surface area contributed by atoms with Gasteiger partial charge in [-0.05, 0) is 38.8 Å². The molecule has 2 amide bonds. The van der Waals surface area contributed by atoms with E-state index in [2.05, 4.69) is 9.80 Å². The molecule has 0 radical (unpaired) electrons. The van der Waals surface area contributed by atoms with Gasteiger partial charge in [0.1, 0.15) is 11.9 Å². The number of rotatable bonds is 7. The number of imide groups is 1. The Kier molecular flexibility index (Phi) is 7.21. The van der Waals surface area contributed by atoms with Crippen LogP contribution in [0.3, 0.4) is 0 Å². The summed E-state index contributed by atoms with van der Waals surface area (Å²) >= 11 is 0. The van der Waals surface area contributed by atoms with Crippen molar-refractivity contribution in [1.82, 2.24) is 9.80 Å². The number of hydrogen-bond acceptors (Lipinski definition) is 7. The monoisotopic (exact) mass is 463 g/mol. The fourth-order valence-corrected chi connectivity index (χ4v) is 5.18. The van der Waals surface area contributed by atoms with Gasteiger partial charge in [-0.1, -0.05) is 12.1 Å². The second kappa shape index (κ2) is 9.95. The maximum absolute atomic E-state index is 13.9. The Labute approximate surface area is 193 Å². The molecule has 2 heterocycles. The standard InChI is InChI=1S/C24H34FN3O5/c1-15(2)33-22-6-4-3-5-20(22)27-9-7-26(8-10-27)13-16(29)14-28-23(31)17-11-19(25)21(30)12-18(17)24(28)32/h3-6,15-19,21,29-30H,7-14H2,1-2H3. The summed E-state index contributed by atoms with van der Waals surface area (Å²) in [5.74, 6) is -1.37. The van der Waals surface area contributed by atoms with E-state index >= 15 is 0 Å². The van der Waals surface area contributed by atoms with Crippen LogP contribution in [0, 0.1) is 11.8 Å². The molecule has 9 heteroatoms. The number of fused-ring (bicyclic) bond motifs is 1. The first-order valence-electron chi connectivity index (χ1n) is 11.8. The summed E-state index contributed by atoms with van der Waals surface area (Å²) in [7, 11) is 0. The Morgan fingerprint density at radius 1 is 1.03 bits per heavy atom.